The zero-order valence-corrected chi connectivity index (χ0v) is 31.2. The zero-order valence-electron chi connectivity index (χ0n) is 30.4. The van der Waals surface area contributed by atoms with Gasteiger partial charge in [-0.05, 0) is 40.0 Å². The summed E-state index contributed by atoms with van der Waals surface area (Å²) in [4.78, 5) is 77.1. The van der Waals surface area contributed by atoms with Crippen molar-refractivity contribution in [1.82, 2.24) is 20.9 Å². The maximum Gasteiger partial charge on any atom is 0.408 e. The van der Waals surface area contributed by atoms with Gasteiger partial charge in [-0.3, -0.25) is 19.2 Å². The summed E-state index contributed by atoms with van der Waals surface area (Å²) in [5, 5.41) is 7.26. The van der Waals surface area contributed by atoms with Crippen molar-refractivity contribution in [2.75, 3.05) is 32.0 Å². The molecule has 4 amide bonds. The number of rotatable bonds is 25. The van der Waals surface area contributed by atoms with Crippen molar-refractivity contribution in [1.29, 1.82) is 0 Å². The lowest BCUT2D eigenvalue weighted by molar-refractivity contribution is -0.153. The van der Waals surface area contributed by atoms with Gasteiger partial charge in [-0.1, -0.05) is 108 Å². The van der Waals surface area contributed by atoms with Crippen LogP contribution in [0.4, 0.5) is 4.79 Å². The van der Waals surface area contributed by atoms with E-state index in [1.165, 1.54) is 75.2 Å². The number of hydrogen-bond donors (Lipinski definition) is 3. The first-order valence-corrected chi connectivity index (χ1v) is 19.1. The molecule has 3 N–H and O–H groups in total. The summed E-state index contributed by atoms with van der Waals surface area (Å²) in [7, 11) is 0. The molecule has 12 nitrogen and oxygen atoms in total. The Morgan fingerprint density at radius 1 is 0.857 bits per heavy atom. The fourth-order valence-corrected chi connectivity index (χ4v) is 6.24. The maximum atomic E-state index is 13.6. The molecule has 0 aliphatic carbocycles. The molecule has 1 heterocycles. The molecule has 0 unspecified atom stereocenters. The molecular weight excluding hydrogens is 648 g/mol. The average Bonchev–Trinajstić information content (AvgIpc) is 3.55. The minimum atomic E-state index is -1.10. The third-order valence-corrected chi connectivity index (χ3v) is 8.94. The number of nitrogens with one attached hydrogen (secondary N) is 3. The summed E-state index contributed by atoms with van der Waals surface area (Å²) in [6.07, 6.45) is 17.8. The number of alkyl carbamates (subject to hydrolysis) is 1. The Kier molecular flexibility index (Phi) is 23.1. The predicted octanol–water partition coefficient (Wildman–Crippen LogP) is 5.57. The molecule has 13 heteroatoms. The molecule has 0 aromatic carbocycles. The van der Waals surface area contributed by atoms with Crippen LogP contribution in [0.3, 0.4) is 0 Å². The lowest BCUT2D eigenvalue weighted by Crippen LogP contribution is -2.54. The van der Waals surface area contributed by atoms with E-state index in [2.05, 4.69) is 29.5 Å². The topological polar surface area (TPSA) is 160 Å². The van der Waals surface area contributed by atoms with Crippen LogP contribution in [0.25, 0.3) is 0 Å². The van der Waals surface area contributed by atoms with E-state index in [1.807, 2.05) is 0 Å². The lowest BCUT2D eigenvalue weighted by atomic mass is 10.0. The van der Waals surface area contributed by atoms with Crippen molar-refractivity contribution in [3.8, 4) is 0 Å². The van der Waals surface area contributed by atoms with Crippen LogP contribution >= 0.6 is 11.8 Å². The third-order valence-electron chi connectivity index (χ3n) is 7.92. The van der Waals surface area contributed by atoms with Crippen LogP contribution in [0.1, 0.15) is 130 Å². The number of nitrogens with zero attached hydrogens (tertiary/aromatic N) is 1. The summed E-state index contributed by atoms with van der Waals surface area (Å²) in [5.74, 6) is -2.34. The van der Waals surface area contributed by atoms with Crippen molar-refractivity contribution < 1.29 is 38.2 Å². The Labute approximate surface area is 298 Å². The van der Waals surface area contributed by atoms with Gasteiger partial charge in [0.25, 0.3) is 0 Å². The monoisotopic (exact) mass is 710 g/mol. The van der Waals surface area contributed by atoms with E-state index in [0.717, 1.165) is 31.0 Å². The van der Waals surface area contributed by atoms with Crippen LogP contribution in [-0.2, 0) is 33.4 Å². The highest BCUT2D eigenvalue weighted by Gasteiger charge is 2.38. The first-order valence-electron chi connectivity index (χ1n) is 18.1. The number of carbonyl (C=O) groups is 6. The SMILES string of the molecule is C=CCOC(=O)[C@@H]1CCCN1C(=O)[C@H](CSC(=O)CCCCCCCCCCCCCCC)NC(=O)CNC(=O)CNC(=O)OC(C)(C)C. The summed E-state index contributed by atoms with van der Waals surface area (Å²) in [6, 6.07) is -1.89. The molecule has 1 saturated heterocycles. The molecule has 1 rings (SSSR count). The van der Waals surface area contributed by atoms with Crippen LogP contribution in [0.5, 0.6) is 0 Å². The van der Waals surface area contributed by atoms with Gasteiger partial charge >= 0.3 is 12.1 Å². The second-order valence-corrected chi connectivity index (χ2v) is 14.6. The maximum absolute atomic E-state index is 13.6. The summed E-state index contributed by atoms with van der Waals surface area (Å²) < 4.78 is 10.3. The first-order chi connectivity index (χ1) is 23.4. The highest BCUT2D eigenvalue weighted by Crippen LogP contribution is 2.22. The lowest BCUT2D eigenvalue weighted by Gasteiger charge is -2.28. The third kappa shape index (κ3) is 21.6. The second kappa shape index (κ2) is 25.8. The summed E-state index contributed by atoms with van der Waals surface area (Å²) in [6.45, 7) is 10.3. The van der Waals surface area contributed by atoms with Gasteiger partial charge in [-0.25, -0.2) is 9.59 Å². The number of thioether (sulfide) groups is 1. The van der Waals surface area contributed by atoms with Gasteiger partial charge in [-0.15, -0.1) is 0 Å². The first kappa shape index (κ1) is 43.9. The largest absolute Gasteiger partial charge is 0.460 e. The Balaban J connectivity index is 2.57. The average molecular weight is 711 g/mol. The normalized spacial score (nSPS) is 14.9. The summed E-state index contributed by atoms with van der Waals surface area (Å²) >= 11 is 0.982. The number of likely N-dealkylation sites (tertiary alicyclic amines) is 1. The molecule has 1 aliphatic rings. The van der Waals surface area contributed by atoms with Crippen molar-refractivity contribution in [2.24, 2.45) is 0 Å². The molecule has 1 aliphatic heterocycles. The van der Waals surface area contributed by atoms with E-state index < -0.39 is 60.6 Å². The smallest absolute Gasteiger partial charge is 0.408 e. The van der Waals surface area contributed by atoms with Crippen LogP contribution in [0.15, 0.2) is 12.7 Å². The van der Waals surface area contributed by atoms with Gasteiger partial charge in [0.2, 0.25) is 17.7 Å². The van der Waals surface area contributed by atoms with Crippen LogP contribution < -0.4 is 16.0 Å². The minimum Gasteiger partial charge on any atom is -0.460 e. The standard InChI is InChI=1S/C36H62N4O8S/c1-6-8-9-10-11-12-13-14-15-16-17-18-19-22-32(43)49-27-28(33(44)40-23-20-21-29(40)34(45)47-24-7-2)39-31(42)26-37-30(41)25-38-35(46)48-36(3,4)5/h7,28-29H,2,6,8-27H2,1,3-5H3,(H,37,41)(H,38,46)(H,39,42)/t28-,29-/m0/s1. The molecular formula is C36H62N4O8S. The van der Waals surface area contributed by atoms with Crippen molar-refractivity contribution in [3.05, 3.63) is 12.7 Å². The molecule has 2 atom stereocenters. The Bertz CT molecular complexity index is 1050. The predicted molar refractivity (Wildman–Crippen MR) is 193 cm³/mol. The number of ether oxygens (including phenoxy) is 2. The molecule has 1 fully saturated rings. The van der Waals surface area contributed by atoms with Gasteiger partial charge in [0.05, 0.1) is 6.54 Å². The van der Waals surface area contributed by atoms with Crippen molar-refractivity contribution in [2.45, 2.75) is 148 Å². The molecule has 0 aromatic rings. The summed E-state index contributed by atoms with van der Waals surface area (Å²) in [5.41, 5.74) is -0.732. The van der Waals surface area contributed by atoms with Crippen LogP contribution in [-0.4, -0.2) is 89.5 Å². The Morgan fingerprint density at radius 2 is 1.43 bits per heavy atom. The van der Waals surface area contributed by atoms with Crippen LogP contribution in [0, 0.1) is 0 Å². The molecule has 280 valence electrons. The van der Waals surface area contributed by atoms with Gasteiger partial charge in [0.1, 0.15) is 30.8 Å². The number of esters is 1. The van der Waals surface area contributed by atoms with E-state index in [4.69, 9.17) is 9.47 Å². The molecule has 0 bridgehead atoms. The molecule has 0 aromatic heterocycles. The highest BCUT2D eigenvalue weighted by atomic mass is 32.2. The number of unbranched alkanes of at least 4 members (excludes halogenated alkanes) is 12. The van der Waals surface area contributed by atoms with Gasteiger partial charge < -0.3 is 30.3 Å². The van der Waals surface area contributed by atoms with E-state index in [1.54, 1.807) is 20.8 Å². The van der Waals surface area contributed by atoms with Gasteiger partial charge in [-0.2, -0.15) is 0 Å². The van der Waals surface area contributed by atoms with Crippen molar-refractivity contribution in [3.63, 3.8) is 0 Å². The highest BCUT2D eigenvalue weighted by molar-refractivity contribution is 8.13. The number of hydrogen-bond acceptors (Lipinski definition) is 9. The second-order valence-electron chi connectivity index (χ2n) is 13.5. The fraction of sp³-hybridized carbons (Fsp3) is 0.778. The molecule has 0 saturated carbocycles. The number of amides is 4. The molecule has 0 radical (unpaired) electrons. The molecule has 0 spiro atoms. The quantitative estimate of drug-likeness (QED) is 0.0625. The molecule has 49 heavy (non-hydrogen) atoms. The van der Waals surface area contributed by atoms with Gasteiger partial charge in [0.15, 0.2) is 5.12 Å². The van der Waals surface area contributed by atoms with E-state index >= 15 is 0 Å². The Morgan fingerprint density at radius 3 is 2.00 bits per heavy atom. The van der Waals surface area contributed by atoms with Crippen LogP contribution in [0.2, 0.25) is 0 Å². The fourth-order valence-electron chi connectivity index (χ4n) is 5.38. The Hall–Kier alpha value is -3.09. The minimum absolute atomic E-state index is 0.0130. The van der Waals surface area contributed by atoms with E-state index in [-0.39, 0.29) is 17.5 Å². The zero-order chi connectivity index (χ0) is 36.5. The van der Waals surface area contributed by atoms with Crippen molar-refractivity contribution >= 4 is 46.7 Å². The van der Waals surface area contributed by atoms with Gasteiger partial charge in [0, 0.05) is 18.7 Å². The number of carbonyl (C=O) groups excluding carboxylic acids is 6. The van der Waals surface area contributed by atoms with E-state index in [9.17, 15) is 28.8 Å². The van der Waals surface area contributed by atoms with E-state index in [0.29, 0.717) is 25.8 Å².